The minimum Gasteiger partial charge on any atom is -0.487 e. The topological polar surface area (TPSA) is 51.7 Å². The van der Waals surface area contributed by atoms with Crippen LogP contribution >= 0.6 is 0 Å². The molecule has 0 spiro atoms. The molecule has 0 unspecified atom stereocenters. The fraction of sp³-hybridized carbons (Fsp3) is 0.217. The number of cyclic esters (lactones) is 1. The molecule has 2 atom stereocenters. The highest BCUT2D eigenvalue weighted by Crippen LogP contribution is 2.33. The van der Waals surface area contributed by atoms with E-state index in [4.69, 9.17) is 9.47 Å². The van der Waals surface area contributed by atoms with Gasteiger partial charge in [0.25, 0.3) is 0 Å². The summed E-state index contributed by atoms with van der Waals surface area (Å²) in [6.45, 7) is 2.95. The molecular weight excluding hydrogens is 352 g/mol. The molecule has 5 nitrogen and oxygen atoms in total. The number of hydrogen-bond donors (Lipinski definition) is 0. The molecule has 1 amide bonds. The third kappa shape index (κ3) is 3.98. The Kier molecular flexibility index (Phi) is 5.24. The number of hydrogen-bond acceptors (Lipinski definition) is 4. The Hall–Kier alpha value is -3.34. The van der Waals surface area contributed by atoms with Crippen LogP contribution in [0.5, 0.6) is 5.75 Å². The summed E-state index contributed by atoms with van der Waals surface area (Å²) < 4.78 is 11.4. The van der Waals surface area contributed by atoms with E-state index in [0.717, 1.165) is 22.6 Å². The van der Waals surface area contributed by atoms with Crippen molar-refractivity contribution in [3.8, 4) is 5.75 Å². The Bertz CT molecular complexity index is 914. The van der Waals surface area contributed by atoms with Crippen LogP contribution < -0.4 is 4.74 Å². The van der Waals surface area contributed by atoms with E-state index in [1.165, 1.54) is 0 Å². The van der Waals surface area contributed by atoms with Gasteiger partial charge >= 0.3 is 6.09 Å². The second kappa shape index (κ2) is 8.13. The lowest BCUT2D eigenvalue weighted by atomic mass is 10.0. The van der Waals surface area contributed by atoms with Crippen LogP contribution in [-0.4, -0.2) is 22.0 Å². The molecule has 142 valence electrons. The monoisotopic (exact) mass is 374 g/mol. The van der Waals surface area contributed by atoms with Crippen molar-refractivity contribution in [3.63, 3.8) is 0 Å². The maximum Gasteiger partial charge on any atom is 0.411 e. The van der Waals surface area contributed by atoms with Crippen molar-refractivity contribution >= 4 is 6.09 Å². The average Bonchev–Trinajstić information content (AvgIpc) is 3.03. The zero-order chi connectivity index (χ0) is 19.3. The minimum absolute atomic E-state index is 0.0324. The molecule has 0 saturated carbocycles. The Labute approximate surface area is 164 Å². The van der Waals surface area contributed by atoms with Crippen LogP contribution in [0.2, 0.25) is 0 Å². The number of pyridine rings is 1. The molecule has 1 saturated heterocycles. The van der Waals surface area contributed by atoms with Gasteiger partial charge in [-0.1, -0.05) is 48.5 Å². The third-order valence-corrected chi connectivity index (χ3v) is 4.91. The number of aromatic nitrogens is 1. The lowest BCUT2D eigenvalue weighted by molar-refractivity contribution is 0.130. The third-order valence-electron chi connectivity index (χ3n) is 4.91. The van der Waals surface area contributed by atoms with Gasteiger partial charge < -0.3 is 9.47 Å². The summed E-state index contributed by atoms with van der Waals surface area (Å²) in [5, 5.41) is 0. The van der Waals surface area contributed by atoms with E-state index >= 15 is 0 Å². The van der Waals surface area contributed by atoms with E-state index in [9.17, 15) is 4.79 Å². The highest BCUT2D eigenvalue weighted by atomic mass is 16.6. The first-order valence-corrected chi connectivity index (χ1v) is 9.34. The van der Waals surface area contributed by atoms with Crippen LogP contribution in [0.4, 0.5) is 4.79 Å². The highest BCUT2D eigenvalue weighted by Gasteiger charge is 2.39. The standard InChI is InChI=1S/C23H22N2O3/c1-17-22(19-7-3-2-4-8-19)28-23(26)25(17)15-18-10-12-21(13-11-18)27-16-20-9-5-6-14-24-20/h2-14,17,22H,15-16H2,1H3/t17-,22-/m0/s1. The molecule has 0 bridgehead atoms. The molecule has 3 aromatic rings. The van der Waals surface area contributed by atoms with E-state index in [1.54, 1.807) is 11.1 Å². The van der Waals surface area contributed by atoms with Crippen molar-refractivity contribution in [1.29, 1.82) is 0 Å². The lowest BCUT2D eigenvalue weighted by Crippen LogP contribution is -2.31. The van der Waals surface area contributed by atoms with E-state index in [1.807, 2.05) is 79.7 Å². The second-order valence-electron chi connectivity index (χ2n) is 6.84. The van der Waals surface area contributed by atoms with Gasteiger partial charge in [-0.05, 0) is 42.3 Å². The zero-order valence-corrected chi connectivity index (χ0v) is 15.7. The minimum atomic E-state index is -0.281. The molecule has 1 fully saturated rings. The molecule has 0 aliphatic carbocycles. The summed E-state index contributed by atoms with van der Waals surface area (Å²) in [7, 11) is 0. The van der Waals surface area contributed by atoms with Gasteiger partial charge in [-0.3, -0.25) is 9.88 Å². The van der Waals surface area contributed by atoms with Crippen LogP contribution in [0.25, 0.3) is 0 Å². The maximum absolute atomic E-state index is 12.4. The fourth-order valence-corrected chi connectivity index (χ4v) is 3.33. The van der Waals surface area contributed by atoms with Crippen LogP contribution in [0.15, 0.2) is 79.0 Å². The van der Waals surface area contributed by atoms with Crippen molar-refractivity contribution in [3.05, 3.63) is 95.8 Å². The Morgan fingerprint density at radius 1 is 1.00 bits per heavy atom. The number of amides is 1. The predicted octanol–water partition coefficient (Wildman–Crippen LogP) is 4.74. The molecule has 2 heterocycles. The van der Waals surface area contributed by atoms with Gasteiger partial charge in [-0.15, -0.1) is 0 Å². The predicted molar refractivity (Wildman–Crippen MR) is 106 cm³/mol. The number of benzene rings is 2. The summed E-state index contributed by atoms with van der Waals surface area (Å²) in [6.07, 6.45) is 1.23. The quantitative estimate of drug-likeness (QED) is 0.625. The van der Waals surface area contributed by atoms with Crippen LogP contribution in [0.3, 0.4) is 0 Å². The van der Waals surface area contributed by atoms with Gasteiger partial charge in [0.15, 0.2) is 0 Å². The van der Waals surface area contributed by atoms with E-state index in [2.05, 4.69) is 4.98 Å². The molecule has 0 radical (unpaired) electrons. The second-order valence-corrected chi connectivity index (χ2v) is 6.84. The summed E-state index contributed by atoms with van der Waals surface area (Å²) in [5.41, 5.74) is 2.93. The van der Waals surface area contributed by atoms with Gasteiger partial charge in [-0.25, -0.2) is 4.79 Å². The largest absolute Gasteiger partial charge is 0.487 e. The first-order chi connectivity index (χ1) is 13.7. The molecule has 4 rings (SSSR count). The summed E-state index contributed by atoms with van der Waals surface area (Å²) in [5.74, 6) is 0.772. The first-order valence-electron chi connectivity index (χ1n) is 9.34. The van der Waals surface area contributed by atoms with Crippen molar-refractivity contribution in [1.82, 2.24) is 9.88 Å². The van der Waals surface area contributed by atoms with Crippen LogP contribution in [0, 0.1) is 0 Å². The Morgan fingerprint density at radius 2 is 1.75 bits per heavy atom. The summed E-state index contributed by atoms with van der Waals surface area (Å²) >= 11 is 0. The van der Waals surface area contributed by atoms with E-state index in [-0.39, 0.29) is 18.2 Å². The number of nitrogens with zero attached hydrogens (tertiary/aromatic N) is 2. The highest BCUT2D eigenvalue weighted by molar-refractivity contribution is 5.71. The Balaban J connectivity index is 1.38. The van der Waals surface area contributed by atoms with E-state index in [0.29, 0.717) is 13.2 Å². The van der Waals surface area contributed by atoms with Gasteiger partial charge in [0.05, 0.1) is 11.7 Å². The normalized spacial score (nSPS) is 18.8. The van der Waals surface area contributed by atoms with Gasteiger partial charge in [0.2, 0.25) is 0 Å². The number of ether oxygens (including phenoxy) is 2. The smallest absolute Gasteiger partial charge is 0.411 e. The molecule has 2 aromatic carbocycles. The van der Waals surface area contributed by atoms with Gasteiger partial charge in [0, 0.05) is 12.7 Å². The van der Waals surface area contributed by atoms with Crippen molar-refractivity contribution < 1.29 is 14.3 Å². The SMILES string of the molecule is C[C@H]1[C@@H](c2ccccc2)OC(=O)N1Cc1ccc(OCc2ccccn2)cc1. The van der Waals surface area contributed by atoms with Gasteiger partial charge in [0.1, 0.15) is 18.5 Å². The molecule has 1 aliphatic heterocycles. The summed E-state index contributed by atoms with van der Waals surface area (Å²) in [6, 6.07) is 23.4. The van der Waals surface area contributed by atoms with Crippen LogP contribution in [0.1, 0.15) is 29.8 Å². The molecule has 1 aliphatic rings. The number of carbonyl (C=O) groups excluding carboxylic acids is 1. The summed E-state index contributed by atoms with van der Waals surface area (Å²) in [4.78, 5) is 18.4. The van der Waals surface area contributed by atoms with E-state index < -0.39 is 0 Å². The molecule has 0 N–H and O–H groups in total. The first kappa shape index (κ1) is 18.0. The maximum atomic E-state index is 12.4. The van der Waals surface area contributed by atoms with Gasteiger partial charge in [-0.2, -0.15) is 0 Å². The van der Waals surface area contributed by atoms with Crippen LogP contribution in [-0.2, 0) is 17.9 Å². The zero-order valence-electron chi connectivity index (χ0n) is 15.7. The molecular formula is C23H22N2O3. The number of carbonyl (C=O) groups is 1. The van der Waals surface area contributed by atoms with Crippen molar-refractivity contribution in [2.75, 3.05) is 0 Å². The molecule has 5 heteroatoms. The lowest BCUT2D eigenvalue weighted by Gasteiger charge is -2.21. The van der Waals surface area contributed by atoms with Crippen molar-refractivity contribution in [2.24, 2.45) is 0 Å². The average molecular weight is 374 g/mol. The Morgan fingerprint density at radius 3 is 2.46 bits per heavy atom. The molecule has 28 heavy (non-hydrogen) atoms. The molecule has 1 aromatic heterocycles. The number of rotatable bonds is 6. The fourth-order valence-electron chi connectivity index (χ4n) is 3.33. The van der Waals surface area contributed by atoms with Crippen molar-refractivity contribution in [2.45, 2.75) is 32.2 Å².